The molecule has 2 N–H and O–H groups in total. The third kappa shape index (κ3) is 3.42. The van der Waals surface area contributed by atoms with E-state index in [1.807, 2.05) is 0 Å². The average Bonchev–Trinajstić information content (AvgIpc) is 3.13. The van der Waals surface area contributed by atoms with Gasteiger partial charge in [-0.1, -0.05) is 0 Å². The smallest absolute Gasteiger partial charge is 0.252 e. The van der Waals surface area contributed by atoms with E-state index in [0.29, 0.717) is 18.2 Å². The number of nitrogens with one attached hydrogen (secondary N) is 2. The normalized spacial score (nSPS) is 14.9. The zero-order valence-corrected chi connectivity index (χ0v) is 9.90. The molecule has 0 spiro atoms. The van der Waals surface area contributed by atoms with Crippen LogP contribution in [0.25, 0.3) is 0 Å². The van der Waals surface area contributed by atoms with Crippen LogP contribution in [0.2, 0.25) is 0 Å². The highest BCUT2D eigenvalue weighted by Gasteiger charge is 2.25. The average molecular weight is 235 g/mol. The molecule has 1 aromatic heterocycles. The van der Waals surface area contributed by atoms with E-state index in [4.69, 9.17) is 0 Å². The standard InChI is InChI=1S/C12H17N3O2/c1-15(10-3-4-10)7-6-13-12(17)9-2-5-11(16)14-8-9/h2,5,8,10H,3-4,6-7H2,1H3,(H,13,17)(H,14,16). The first-order chi connectivity index (χ1) is 8.16. The van der Waals surface area contributed by atoms with Gasteiger partial charge in [-0.25, -0.2) is 0 Å². The van der Waals surface area contributed by atoms with Crippen molar-refractivity contribution in [1.82, 2.24) is 15.2 Å². The molecule has 0 bridgehead atoms. The van der Waals surface area contributed by atoms with E-state index in [9.17, 15) is 9.59 Å². The highest BCUT2D eigenvalue weighted by atomic mass is 16.1. The van der Waals surface area contributed by atoms with Gasteiger partial charge in [-0.05, 0) is 26.0 Å². The van der Waals surface area contributed by atoms with Crippen LogP contribution in [0.4, 0.5) is 0 Å². The summed E-state index contributed by atoms with van der Waals surface area (Å²) < 4.78 is 0. The monoisotopic (exact) mass is 235 g/mol. The van der Waals surface area contributed by atoms with Crippen LogP contribution in [0.3, 0.4) is 0 Å². The fraction of sp³-hybridized carbons (Fsp3) is 0.500. The lowest BCUT2D eigenvalue weighted by Crippen LogP contribution is -2.34. The van der Waals surface area contributed by atoms with Gasteiger partial charge in [0.2, 0.25) is 5.56 Å². The van der Waals surface area contributed by atoms with Crippen LogP contribution in [0.15, 0.2) is 23.1 Å². The Kier molecular flexibility index (Phi) is 3.58. The number of carbonyl (C=O) groups excluding carboxylic acids is 1. The molecule has 0 radical (unpaired) electrons. The predicted molar refractivity (Wildman–Crippen MR) is 65.0 cm³/mol. The zero-order chi connectivity index (χ0) is 12.3. The Hall–Kier alpha value is -1.62. The molecule has 1 amide bonds. The van der Waals surface area contributed by atoms with E-state index in [2.05, 4.69) is 22.2 Å². The van der Waals surface area contributed by atoms with Crippen molar-refractivity contribution >= 4 is 5.91 Å². The van der Waals surface area contributed by atoms with E-state index >= 15 is 0 Å². The van der Waals surface area contributed by atoms with Crippen molar-refractivity contribution in [2.45, 2.75) is 18.9 Å². The highest BCUT2D eigenvalue weighted by Crippen LogP contribution is 2.24. The maximum absolute atomic E-state index is 11.7. The van der Waals surface area contributed by atoms with Crippen molar-refractivity contribution < 1.29 is 4.79 Å². The minimum atomic E-state index is -0.199. The zero-order valence-electron chi connectivity index (χ0n) is 9.90. The molecular weight excluding hydrogens is 218 g/mol. The first kappa shape index (κ1) is 11.9. The quantitative estimate of drug-likeness (QED) is 0.766. The third-order valence-electron chi connectivity index (χ3n) is 2.97. The van der Waals surface area contributed by atoms with Crippen LogP contribution >= 0.6 is 0 Å². The first-order valence-corrected chi connectivity index (χ1v) is 5.84. The number of rotatable bonds is 5. The molecular formula is C12H17N3O2. The summed E-state index contributed by atoms with van der Waals surface area (Å²) in [5.74, 6) is -0.148. The van der Waals surface area contributed by atoms with Gasteiger partial charge in [-0.3, -0.25) is 9.59 Å². The van der Waals surface area contributed by atoms with Gasteiger partial charge in [-0.15, -0.1) is 0 Å². The second-order valence-electron chi connectivity index (χ2n) is 4.41. The Morgan fingerprint density at radius 3 is 2.88 bits per heavy atom. The number of likely N-dealkylation sites (N-methyl/N-ethyl adjacent to an activating group) is 1. The number of pyridine rings is 1. The van der Waals surface area contributed by atoms with Crippen LogP contribution < -0.4 is 10.9 Å². The Labute approximate surface area is 99.8 Å². The summed E-state index contributed by atoms with van der Waals surface area (Å²) >= 11 is 0. The second kappa shape index (κ2) is 5.14. The van der Waals surface area contributed by atoms with E-state index < -0.39 is 0 Å². The second-order valence-corrected chi connectivity index (χ2v) is 4.41. The number of aromatic nitrogens is 1. The summed E-state index contributed by atoms with van der Waals surface area (Å²) in [5.41, 5.74) is 0.286. The number of carbonyl (C=O) groups is 1. The van der Waals surface area contributed by atoms with Gasteiger partial charge in [0.15, 0.2) is 0 Å². The molecule has 17 heavy (non-hydrogen) atoms. The molecule has 1 aliphatic carbocycles. The summed E-state index contributed by atoms with van der Waals surface area (Å²) in [4.78, 5) is 27.2. The fourth-order valence-electron chi connectivity index (χ4n) is 1.70. The van der Waals surface area contributed by atoms with E-state index in [-0.39, 0.29) is 11.5 Å². The molecule has 1 heterocycles. The van der Waals surface area contributed by atoms with Crippen molar-refractivity contribution in [3.05, 3.63) is 34.2 Å². The molecule has 1 aliphatic rings. The Morgan fingerprint density at radius 1 is 1.53 bits per heavy atom. The van der Waals surface area contributed by atoms with Crippen molar-refractivity contribution in [3.63, 3.8) is 0 Å². The number of aromatic amines is 1. The number of hydrogen-bond donors (Lipinski definition) is 2. The molecule has 5 heteroatoms. The first-order valence-electron chi connectivity index (χ1n) is 5.84. The van der Waals surface area contributed by atoms with Gasteiger partial charge in [0.25, 0.3) is 5.91 Å². The molecule has 0 unspecified atom stereocenters. The maximum atomic E-state index is 11.7. The van der Waals surface area contributed by atoms with Crippen LogP contribution in [-0.4, -0.2) is 42.0 Å². The van der Waals surface area contributed by atoms with Gasteiger partial charge < -0.3 is 15.2 Å². The van der Waals surface area contributed by atoms with Crippen LogP contribution in [0.1, 0.15) is 23.2 Å². The molecule has 1 fully saturated rings. The molecule has 1 aromatic rings. The molecule has 1 saturated carbocycles. The van der Waals surface area contributed by atoms with Crippen molar-refractivity contribution in [1.29, 1.82) is 0 Å². The van der Waals surface area contributed by atoms with Crippen molar-refractivity contribution in [2.75, 3.05) is 20.1 Å². The predicted octanol–water partition coefficient (Wildman–Crippen LogP) is 0.199. The van der Waals surface area contributed by atoms with Crippen molar-refractivity contribution in [2.24, 2.45) is 0 Å². The van der Waals surface area contributed by atoms with Crippen LogP contribution in [-0.2, 0) is 0 Å². The summed E-state index contributed by atoms with van der Waals surface area (Å²) in [6, 6.07) is 3.59. The topological polar surface area (TPSA) is 65.2 Å². The Balaban J connectivity index is 1.76. The largest absolute Gasteiger partial charge is 0.351 e. The van der Waals surface area contributed by atoms with E-state index in [0.717, 1.165) is 6.54 Å². The highest BCUT2D eigenvalue weighted by molar-refractivity contribution is 5.93. The van der Waals surface area contributed by atoms with Gasteiger partial charge >= 0.3 is 0 Å². The summed E-state index contributed by atoms with van der Waals surface area (Å²) in [7, 11) is 2.07. The Morgan fingerprint density at radius 2 is 2.29 bits per heavy atom. The number of nitrogens with zero attached hydrogens (tertiary/aromatic N) is 1. The molecule has 0 atom stereocenters. The molecule has 0 aliphatic heterocycles. The molecule has 92 valence electrons. The van der Waals surface area contributed by atoms with Gasteiger partial charge in [-0.2, -0.15) is 0 Å². The molecule has 0 aromatic carbocycles. The SMILES string of the molecule is CN(CCNC(=O)c1ccc(=O)[nH]c1)C1CC1. The van der Waals surface area contributed by atoms with Crippen LogP contribution in [0.5, 0.6) is 0 Å². The lowest BCUT2D eigenvalue weighted by atomic mass is 10.2. The van der Waals surface area contributed by atoms with E-state index in [1.165, 1.54) is 31.2 Å². The summed E-state index contributed by atoms with van der Waals surface area (Å²) in [6.45, 7) is 1.49. The van der Waals surface area contributed by atoms with Gasteiger partial charge in [0.1, 0.15) is 0 Å². The molecule has 2 rings (SSSR count). The van der Waals surface area contributed by atoms with Gasteiger partial charge in [0, 0.05) is 31.4 Å². The molecule has 5 nitrogen and oxygen atoms in total. The summed E-state index contributed by atoms with van der Waals surface area (Å²) in [6.07, 6.45) is 3.97. The number of hydrogen-bond acceptors (Lipinski definition) is 3. The summed E-state index contributed by atoms with van der Waals surface area (Å²) in [5, 5.41) is 2.83. The third-order valence-corrected chi connectivity index (χ3v) is 2.97. The van der Waals surface area contributed by atoms with Crippen molar-refractivity contribution in [3.8, 4) is 0 Å². The lowest BCUT2D eigenvalue weighted by Gasteiger charge is -2.15. The minimum absolute atomic E-state index is 0.148. The Bertz CT molecular complexity index is 431. The van der Waals surface area contributed by atoms with E-state index in [1.54, 1.807) is 0 Å². The fourth-order valence-corrected chi connectivity index (χ4v) is 1.70. The maximum Gasteiger partial charge on any atom is 0.252 e. The van der Waals surface area contributed by atoms with Crippen LogP contribution in [0, 0.1) is 0 Å². The molecule has 0 saturated heterocycles. The lowest BCUT2D eigenvalue weighted by molar-refractivity contribution is 0.0949. The number of H-pyrrole nitrogens is 1. The minimum Gasteiger partial charge on any atom is -0.351 e. The number of amides is 1. The van der Waals surface area contributed by atoms with Gasteiger partial charge in [0.05, 0.1) is 5.56 Å².